The van der Waals surface area contributed by atoms with E-state index in [1.807, 2.05) is 13.8 Å². The van der Waals surface area contributed by atoms with Crippen LogP contribution in [0.4, 0.5) is 0 Å². The first-order valence-corrected chi connectivity index (χ1v) is 11.7. The molecule has 5 aromatic rings. The predicted octanol–water partition coefficient (Wildman–Crippen LogP) is 6.69. The lowest BCUT2D eigenvalue weighted by Crippen LogP contribution is -2.49. The molecule has 1 heterocycles. The molecule has 0 aliphatic carbocycles. The van der Waals surface area contributed by atoms with Gasteiger partial charge in [0.1, 0.15) is 0 Å². The monoisotopic (exact) mass is 437 g/mol. The molecule has 32 heavy (non-hydrogen) atoms. The fraction of sp³-hybridized carbons (Fsp3) is 0.214. The minimum absolute atomic E-state index is 0.711. The normalized spacial score (nSPS) is 12.7. The molecule has 1 N–H and O–H groups in total. The predicted molar refractivity (Wildman–Crippen MR) is 139 cm³/mol. The van der Waals surface area contributed by atoms with E-state index < -0.39 is 11.2 Å². The quantitative estimate of drug-likeness (QED) is 0.311. The van der Waals surface area contributed by atoms with E-state index in [2.05, 4.69) is 78.9 Å². The van der Waals surface area contributed by atoms with Crippen LogP contribution in [0.25, 0.3) is 42.1 Å². The van der Waals surface area contributed by atoms with Crippen molar-refractivity contribution < 1.29 is 9.76 Å². The van der Waals surface area contributed by atoms with E-state index in [0.29, 0.717) is 0 Å². The summed E-state index contributed by atoms with van der Waals surface area (Å²) >= 11 is 1.80. The summed E-state index contributed by atoms with van der Waals surface area (Å²) in [6, 6.07) is 28.1. The van der Waals surface area contributed by atoms with E-state index >= 15 is 0 Å². The van der Waals surface area contributed by atoms with Gasteiger partial charge in [-0.2, -0.15) is 0 Å². The van der Waals surface area contributed by atoms with Gasteiger partial charge in [0.05, 0.1) is 11.2 Å². The Morgan fingerprint density at radius 1 is 0.750 bits per heavy atom. The minimum atomic E-state index is -0.961. The third kappa shape index (κ3) is 3.73. The number of rotatable bonds is 5. The van der Waals surface area contributed by atoms with E-state index in [4.69, 9.17) is 4.65 Å². The number of fused-ring (bicyclic) bond motifs is 4. The lowest BCUT2D eigenvalue weighted by molar-refractivity contribution is -0.0893. The molecule has 0 unspecified atom stereocenters. The van der Waals surface area contributed by atoms with Gasteiger partial charge < -0.3 is 9.76 Å². The average molecular weight is 437 g/mol. The molecule has 1 aromatic heterocycles. The Kier molecular flexibility index (Phi) is 5.13. The average Bonchev–Trinajstić information content (AvgIpc) is 3.15. The largest absolute Gasteiger partial charge is 0.427 e. The Balaban J connectivity index is 1.59. The van der Waals surface area contributed by atoms with Gasteiger partial charge in [-0.15, -0.1) is 11.3 Å². The van der Waals surface area contributed by atoms with Crippen molar-refractivity contribution in [3.63, 3.8) is 0 Å². The van der Waals surface area contributed by atoms with Gasteiger partial charge in [-0.05, 0) is 84.7 Å². The van der Waals surface area contributed by atoms with Crippen molar-refractivity contribution in [2.24, 2.45) is 0 Å². The van der Waals surface area contributed by atoms with Gasteiger partial charge >= 0.3 is 7.48 Å². The summed E-state index contributed by atoms with van der Waals surface area (Å²) in [5.41, 5.74) is 1.78. The summed E-state index contributed by atoms with van der Waals surface area (Å²) in [6.45, 7) is 7.37. The molecule has 0 atom stereocenters. The highest BCUT2D eigenvalue weighted by molar-refractivity contribution is 7.26. The standard InChI is InChI=1S/C28H26BO2S/c1-27(2,30)28(3,4)31-29-23-10-7-11-25-26(23)22-17-21(14-15-24(22)32-25)20-13-12-18-8-5-6-9-19(18)16-20/h5-17,30H,1-4H3. The maximum atomic E-state index is 10.5. The summed E-state index contributed by atoms with van der Waals surface area (Å²) in [5.74, 6) is 0. The number of aliphatic hydroxyl groups is 1. The molecule has 0 aliphatic heterocycles. The zero-order chi connectivity index (χ0) is 22.5. The number of thiophene rings is 1. The molecule has 5 rings (SSSR count). The van der Waals surface area contributed by atoms with Crippen LogP contribution < -0.4 is 5.46 Å². The lowest BCUT2D eigenvalue weighted by atomic mass is 9.80. The summed E-state index contributed by atoms with van der Waals surface area (Å²) in [7, 11) is 1.80. The molecular formula is C28H26BO2S. The Bertz CT molecular complexity index is 1440. The third-order valence-electron chi connectivity index (χ3n) is 6.56. The van der Waals surface area contributed by atoms with Crippen LogP contribution in [-0.4, -0.2) is 23.8 Å². The van der Waals surface area contributed by atoms with Gasteiger partial charge in [-0.25, -0.2) is 0 Å². The van der Waals surface area contributed by atoms with Crippen LogP contribution in [0.3, 0.4) is 0 Å². The lowest BCUT2D eigenvalue weighted by Gasteiger charge is -2.37. The zero-order valence-corrected chi connectivity index (χ0v) is 19.7. The second-order valence-electron chi connectivity index (χ2n) is 9.40. The molecule has 4 heteroatoms. The fourth-order valence-electron chi connectivity index (χ4n) is 3.86. The van der Waals surface area contributed by atoms with Crippen LogP contribution in [-0.2, 0) is 4.65 Å². The fourth-order valence-corrected chi connectivity index (χ4v) is 4.98. The number of hydrogen-bond donors (Lipinski definition) is 1. The van der Waals surface area contributed by atoms with Crippen LogP contribution in [0, 0.1) is 0 Å². The highest BCUT2D eigenvalue weighted by atomic mass is 32.1. The van der Waals surface area contributed by atoms with Crippen LogP contribution in [0.15, 0.2) is 78.9 Å². The van der Waals surface area contributed by atoms with Crippen molar-refractivity contribution in [3.8, 4) is 11.1 Å². The summed E-state index contributed by atoms with van der Waals surface area (Å²) in [5, 5.41) is 15.4. The molecule has 0 spiro atoms. The van der Waals surface area contributed by atoms with Gasteiger partial charge in [0.15, 0.2) is 0 Å². The third-order valence-corrected chi connectivity index (χ3v) is 7.70. The first-order chi connectivity index (χ1) is 15.2. The summed E-state index contributed by atoms with van der Waals surface area (Å²) < 4.78 is 8.59. The molecule has 0 saturated carbocycles. The van der Waals surface area contributed by atoms with Crippen LogP contribution >= 0.6 is 11.3 Å². The van der Waals surface area contributed by atoms with Crippen LogP contribution in [0.1, 0.15) is 27.7 Å². The van der Waals surface area contributed by atoms with Gasteiger partial charge in [-0.1, -0.05) is 54.6 Å². The van der Waals surface area contributed by atoms with E-state index in [1.54, 1.807) is 32.7 Å². The summed E-state index contributed by atoms with van der Waals surface area (Å²) in [4.78, 5) is 0. The minimum Gasteiger partial charge on any atom is -0.427 e. The zero-order valence-electron chi connectivity index (χ0n) is 18.8. The first-order valence-electron chi connectivity index (χ1n) is 10.9. The smallest absolute Gasteiger partial charge is 0.331 e. The second-order valence-corrected chi connectivity index (χ2v) is 10.5. The second kappa shape index (κ2) is 7.74. The molecule has 2 nitrogen and oxygen atoms in total. The van der Waals surface area contributed by atoms with Crippen molar-refractivity contribution in [2.75, 3.05) is 0 Å². The van der Waals surface area contributed by atoms with E-state index in [-0.39, 0.29) is 0 Å². The van der Waals surface area contributed by atoms with Crippen molar-refractivity contribution >= 4 is 55.2 Å². The Morgan fingerprint density at radius 2 is 1.47 bits per heavy atom. The topological polar surface area (TPSA) is 29.5 Å². The van der Waals surface area contributed by atoms with Crippen molar-refractivity contribution in [1.29, 1.82) is 0 Å². The Morgan fingerprint density at radius 3 is 2.25 bits per heavy atom. The van der Waals surface area contributed by atoms with Crippen LogP contribution in [0.2, 0.25) is 0 Å². The van der Waals surface area contributed by atoms with E-state index in [9.17, 15) is 5.11 Å². The summed E-state index contributed by atoms with van der Waals surface area (Å²) in [6.07, 6.45) is 0. The molecule has 0 amide bonds. The van der Waals surface area contributed by atoms with Gasteiger partial charge in [0.2, 0.25) is 0 Å². The number of hydrogen-bond acceptors (Lipinski definition) is 3. The molecular weight excluding hydrogens is 411 g/mol. The molecule has 159 valence electrons. The maximum absolute atomic E-state index is 10.5. The Hall–Kier alpha value is -2.66. The molecule has 0 bridgehead atoms. The van der Waals surface area contributed by atoms with Crippen molar-refractivity contribution in [1.82, 2.24) is 0 Å². The number of benzene rings is 4. The Labute approximate surface area is 193 Å². The highest BCUT2D eigenvalue weighted by Gasteiger charge is 2.35. The van der Waals surface area contributed by atoms with Gasteiger partial charge in [-0.3, -0.25) is 0 Å². The highest BCUT2D eigenvalue weighted by Crippen LogP contribution is 2.36. The maximum Gasteiger partial charge on any atom is 0.331 e. The SMILES string of the molecule is CC(C)(O)C(C)(C)O[B]c1cccc2sc3ccc(-c4ccc5ccccc5c4)cc3c12. The van der Waals surface area contributed by atoms with Gasteiger partial charge in [0, 0.05) is 14.8 Å². The first kappa shape index (κ1) is 21.2. The van der Waals surface area contributed by atoms with E-state index in [0.717, 1.165) is 5.46 Å². The molecule has 0 fully saturated rings. The molecule has 4 aromatic carbocycles. The molecule has 0 aliphatic rings. The van der Waals surface area contributed by atoms with Crippen molar-refractivity contribution in [3.05, 3.63) is 78.9 Å². The molecule has 1 radical (unpaired) electrons. The van der Waals surface area contributed by atoms with E-state index in [1.165, 1.54) is 42.1 Å². The van der Waals surface area contributed by atoms with Crippen molar-refractivity contribution in [2.45, 2.75) is 38.9 Å². The van der Waals surface area contributed by atoms with Crippen LogP contribution in [0.5, 0.6) is 0 Å². The van der Waals surface area contributed by atoms with Gasteiger partial charge in [0.25, 0.3) is 0 Å². The molecule has 0 saturated heterocycles.